The highest BCUT2D eigenvalue weighted by molar-refractivity contribution is 6.31. The Balaban J connectivity index is 1.69. The van der Waals surface area contributed by atoms with Gasteiger partial charge in [0.25, 0.3) is 5.91 Å². The van der Waals surface area contributed by atoms with E-state index >= 15 is 0 Å². The zero-order valence-electron chi connectivity index (χ0n) is 15.4. The van der Waals surface area contributed by atoms with Crippen molar-refractivity contribution in [3.8, 4) is 11.5 Å². The van der Waals surface area contributed by atoms with Crippen molar-refractivity contribution in [1.82, 2.24) is 9.97 Å². The number of aromatic nitrogens is 2. The first kappa shape index (κ1) is 19.4. The number of hydrogen-bond acceptors (Lipinski definition) is 6. The number of hydrogen-bond donors (Lipinski definition) is 2. The van der Waals surface area contributed by atoms with Crippen molar-refractivity contribution in [1.29, 1.82) is 0 Å². The Labute approximate surface area is 167 Å². The van der Waals surface area contributed by atoms with E-state index < -0.39 is 0 Å². The summed E-state index contributed by atoms with van der Waals surface area (Å²) in [7, 11) is 3.08. The Morgan fingerprint density at radius 3 is 2.57 bits per heavy atom. The van der Waals surface area contributed by atoms with Gasteiger partial charge >= 0.3 is 0 Å². The van der Waals surface area contributed by atoms with E-state index in [4.69, 9.17) is 21.1 Å². The molecule has 0 aliphatic heterocycles. The first-order chi connectivity index (χ1) is 13.6. The summed E-state index contributed by atoms with van der Waals surface area (Å²) in [5.74, 6) is 1.25. The van der Waals surface area contributed by atoms with Gasteiger partial charge in [0.1, 0.15) is 17.8 Å². The number of nitrogens with zero attached hydrogens (tertiary/aromatic N) is 2. The number of benzene rings is 2. The maximum atomic E-state index is 12.5. The first-order valence-electron chi connectivity index (χ1n) is 8.43. The van der Waals surface area contributed by atoms with Gasteiger partial charge < -0.3 is 20.1 Å². The molecule has 1 amide bonds. The molecule has 1 aromatic heterocycles. The summed E-state index contributed by atoms with van der Waals surface area (Å²) in [6.45, 7) is 0.480. The quantitative estimate of drug-likeness (QED) is 0.625. The number of anilines is 2. The van der Waals surface area contributed by atoms with Crippen LogP contribution in [0.15, 0.2) is 54.9 Å². The largest absolute Gasteiger partial charge is 0.493 e. The molecule has 0 aliphatic carbocycles. The molecule has 2 aromatic carbocycles. The average molecular weight is 399 g/mol. The van der Waals surface area contributed by atoms with Crippen LogP contribution in [-0.4, -0.2) is 30.1 Å². The number of carbonyl (C=O) groups is 1. The standard InChI is InChI=1S/C20H19ClN4O3/c1-27-17-8-7-14(9-18(17)28-2)25-20(26)16-10-19(24-12-23-16)22-11-13-5-3-4-6-15(13)21/h3-10,12H,11H2,1-2H3,(H,25,26)(H,22,23,24). The number of nitrogens with one attached hydrogen (secondary N) is 2. The fourth-order valence-corrected chi connectivity index (χ4v) is 2.72. The summed E-state index contributed by atoms with van der Waals surface area (Å²) in [6.07, 6.45) is 1.33. The molecule has 8 heteroatoms. The van der Waals surface area contributed by atoms with Crippen LogP contribution in [0.3, 0.4) is 0 Å². The van der Waals surface area contributed by atoms with Gasteiger partial charge in [-0.1, -0.05) is 29.8 Å². The minimum atomic E-state index is -0.365. The molecule has 0 saturated heterocycles. The number of rotatable bonds is 7. The first-order valence-corrected chi connectivity index (χ1v) is 8.81. The number of carbonyl (C=O) groups excluding carboxylic acids is 1. The van der Waals surface area contributed by atoms with Gasteiger partial charge in [-0.05, 0) is 23.8 Å². The molecule has 28 heavy (non-hydrogen) atoms. The molecule has 0 saturated carbocycles. The lowest BCUT2D eigenvalue weighted by Gasteiger charge is -2.11. The number of methoxy groups -OCH3 is 2. The van der Waals surface area contributed by atoms with Crippen LogP contribution in [0.2, 0.25) is 5.02 Å². The van der Waals surface area contributed by atoms with E-state index in [9.17, 15) is 4.79 Å². The van der Waals surface area contributed by atoms with E-state index in [1.54, 1.807) is 31.4 Å². The zero-order chi connectivity index (χ0) is 19.9. The van der Waals surface area contributed by atoms with Gasteiger partial charge in [-0.3, -0.25) is 4.79 Å². The van der Waals surface area contributed by atoms with Gasteiger partial charge in [0.2, 0.25) is 0 Å². The Bertz CT molecular complexity index is 981. The van der Waals surface area contributed by atoms with Crippen molar-refractivity contribution < 1.29 is 14.3 Å². The van der Waals surface area contributed by atoms with Crippen LogP contribution in [0.1, 0.15) is 16.1 Å². The van der Waals surface area contributed by atoms with Gasteiger partial charge in [0.05, 0.1) is 14.2 Å². The molecule has 0 aliphatic rings. The van der Waals surface area contributed by atoms with E-state index in [-0.39, 0.29) is 11.6 Å². The minimum absolute atomic E-state index is 0.228. The number of ether oxygens (including phenoxy) is 2. The van der Waals surface area contributed by atoms with Crippen molar-refractivity contribution >= 4 is 29.0 Å². The second-order valence-electron chi connectivity index (χ2n) is 5.76. The van der Waals surface area contributed by atoms with E-state index in [0.717, 1.165) is 5.56 Å². The van der Waals surface area contributed by atoms with E-state index in [0.29, 0.717) is 34.6 Å². The Hall–Kier alpha value is -3.32. The van der Waals surface area contributed by atoms with E-state index in [1.807, 2.05) is 24.3 Å². The molecular weight excluding hydrogens is 380 g/mol. The third-order valence-corrected chi connectivity index (χ3v) is 4.33. The Morgan fingerprint density at radius 2 is 1.82 bits per heavy atom. The summed E-state index contributed by atoms with van der Waals surface area (Å²) < 4.78 is 10.4. The maximum absolute atomic E-state index is 12.5. The highest BCUT2D eigenvalue weighted by Crippen LogP contribution is 2.29. The highest BCUT2D eigenvalue weighted by atomic mass is 35.5. The second kappa shape index (κ2) is 9.05. The molecular formula is C20H19ClN4O3. The maximum Gasteiger partial charge on any atom is 0.274 e. The topological polar surface area (TPSA) is 85.4 Å². The molecule has 0 spiro atoms. The molecule has 7 nitrogen and oxygen atoms in total. The summed E-state index contributed by atoms with van der Waals surface area (Å²) in [6, 6.07) is 14.2. The van der Waals surface area contributed by atoms with Gasteiger partial charge in [0.15, 0.2) is 11.5 Å². The monoisotopic (exact) mass is 398 g/mol. The third-order valence-electron chi connectivity index (χ3n) is 3.96. The fourth-order valence-electron chi connectivity index (χ4n) is 2.51. The van der Waals surface area contributed by atoms with Crippen LogP contribution in [0.25, 0.3) is 0 Å². The van der Waals surface area contributed by atoms with Crippen molar-refractivity contribution in [2.75, 3.05) is 24.9 Å². The van der Waals surface area contributed by atoms with Gasteiger partial charge in [0, 0.05) is 29.4 Å². The van der Waals surface area contributed by atoms with E-state index in [1.165, 1.54) is 13.4 Å². The van der Waals surface area contributed by atoms with Crippen LogP contribution < -0.4 is 20.1 Å². The molecule has 0 fully saturated rings. The molecule has 3 rings (SSSR count). The molecule has 3 aromatic rings. The van der Waals surface area contributed by atoms with Gasteiger partial charge in [-0.2, -0.15) is 0 Å². The van der Waals surface area contributed by atoms with Crippen molar-refractivity contribution in [2.45, 2.75) is 6.54 Å². The lowest BCUT2D eigenvalue weighted by atomic mass is 10.2. The van der Waals surface area contributed by atoms with Crippen LogP contribution in [0.5, 0.6) is 11.5 Å². The lowest BCUT2D eigenvalue weighted by molar-refractivity contribution is 0.102. The van der Waals surface area contributed by atoms with Crippen LogP contribution >= 0.6 is 11.6 Å². The molecule has 0 bridgehead atoms. The Morgan fingerprint density at radius 1 is 1.04 bits per heavy atom. The number of amides is 1. The third kappa shape index (κ3) is 4.69. The van der Waals surface area contributed by atoms with Gasteiger partial charge in [-0.15, -0.1) is 0 Å². The van der Waals surface area contributed by atoms with Crippen LogP contribution in [0, 0.1) is 0 Å². The smallest absolute Gasteiger partial charge is 0.274 e. The summed E-state index contributed by atoms with van der Waals surface area (Å²) in [5.41, 5.74) is 1.72. The van der Waals surface area contributed by atoms with Crippen molar-refractivity contribution in [3.63, 3.8) is 0 Å². The SMILES string of the molecule is COc1ccc(NC(=O)c2cc(NCc3ccccc3Cl)ncn2)cc1OC. The molecule has 0 radical (unpaired) electrons. The molecule has 0 unspecified atom stereocenters. The summed E-state index contributed by atoms with van der Waals surface area (Å²) >= 11 is 6.15. The predicted octanol–water partition coefficient (Wildman–Crippen LogP) is 4.01. The van der Waals surface area contributed by atoms with Crippen LogP contribution in [-0.2, 0) is 6.54 Å². The molecule has 0 atom stereocenters. The second-order valence-corrected chi connectivity index (χ2v) is 6.16. The van der Waals surface area contributed by atoms with Crippen molar-refractivity contribution in [2.24, 2.45) is 0 Å². The Kier molecular flexibility index (Phi) is 6.29. The summed E-state index contributed by atoms with van der Waals surface area (Å²) in [5, 5.41) is 6.59. The predicted molar refractivity (Wildman–Crippen MR) is 108 cm³/mol. The normalized spacial score (nSPS) is 10.2. The molecule has 2 N–H and O–H groups in total. The fraction of sp³-hybridized carbons (Fsp3) is 0.150. The van der Waals surface area contributed by atoms with E-state index in [2.05, 4.69) is 20.6 Å². The molecule has 144 valence electrons. The lowest BCUT2D eigenvalue weighted by Crippen LogP contribution is -2.15. The number of halogens is 1. The summed E-state index contributed by atoms with van der Waals surface area (Å²) in [4.78, 5) is 20.7. The van der Waals surface area contributed by atoms with Crippen molar-refractivity contribution in [3.05, 3.63) is 71.1 Å². The van der Waals surface area contributed by atoms with Gasteiger partial charge in [-0.25, -0.2) is 9.97 Å². The van der Waals surface area contributed by atoms with Crippen LogP contribution in [0.4, 0.5) is 11.5 Å². The highest BCUT2D eigenvalue weighted by Gasteiger charge is 2.12. The minimum Gasteiger partial charge on any atom is -0.493 e. The zero-order valence-corrected chi connectivity index (χ0v) is 16.2. The molecule has 1 heterocycles. The average Bonchev–Trinajstić information content (AvgIpc) is 2.73.